The summed E-state index contributed by atoms with van der Waals surface area (Å²) in [7, 11) is -3.15. The number of carbonyl (C=O) groups is 1. The average molecular weight is 348 g/mol. The van der Waals surface area contributed by atoms with E-state index in [0.29, 0.717) is 6.42 Å². The number of nitrogens with zero attached hydrogens (tertiary/aromatic N) is 2. The Hall–Kier alpha value is -1.77. The van der Waals surface area contributed by atoms with Gasteiger partial charge in [0.25, 0.3) is 12.3 Å². The Kier molecular flexibility index (Phi) is 5.51. The van der Waals surface area contributed by atoms with E-state index < -0.39 is 28.8 Å². The van der Waals surface area contributed by atoms with E-state index in [-0.39, 0.29) is 35.7 Å². The smallest absolute Gasteiger partial charge is 0.272 e. The van der Waals surface area contributed by atoms with E-state index in [1.54, 1.807) is 6.92 Å². The van der Waals surface area contributed by atoms with E-state index >= 15 is 0 Å². The van der Waals surface area contributed by atoms with Crippen LogP contribution >= 0.6 is 0 Å². The van der Waals surface area contributed by atoms with Crippen molar-refractivity contribution in [1.29, 1.82) is 0 Å². The van der Waals surface area contributed by atoms with Crippen molar-refractivity contribution in [3.8, 4) is 5.88 Å². The molecule has 6 nitrogen and oxygen atoms in total. The largest absolute Gasteiger partial charge is 0.472 e. The lowest BCUT2D eigenvalue weighted by Crippen LogP contribution is -2.39. The minimum atomic E-state index is -3.15. The third kappa shape index (κ3) is 4.85. The maximum Gasteiger partial charge on any atom is 0.272 e. The van der Waals surface area contributed by atoms with Crippen molar-refractivity contribution in [2.45, 2.75) is 25.8 Å². The molecule has 1 fully saturated rings. The van der Waals surface area contributed by atoms with Gasteiger partial charge in [-0.1, -0.05) is 6.07 Å². The van der Waals surface area contributed by atoms with Crippen LogP contribution in [-0.2, 0) is 9.84 Å². The number of sulfone groups is 1. The number of rotatable bonds is 4. The van der Waals surface area contributed by atoms with E-state index in [1.165, 1.54) is 23.1 Å². The first kappa shape index (κ1) is 17.6. The first-order valence-corrected chi connectivity index (χ1v) is 9.00. The Morgan fingerprint density at radius 3 is 2.87 bits per heavy atom. The Balaban J connectivity index is 2.14. The zero-order valence-corrected chi connectivity index (χ0v) is 13.4. The minimum Gasteiger partial charge on any atom is -0.472 e. The van der Waals surface area contributed by atoms with Crippen LogP contribution in [0.25, 0.3) is 0 Å². The van der Waals surface area contributed by atoms with Gasteiger partial charge in [0.1, 0.15) is 5.69 Å². The Labute approximate surface area is 133 Å². The topological polar surface area (TPSA) is 76.6 Å². The van der Waals surface area contributed by atoms with Gasteiger partial charge in [0, 0.05) is 18.7 Å². The van der Waals surface area contributed by atoms with E-state index in [2.05, 4.69) is 4.98 Å². The van der Waals surface area contributed by atoms with Crippen molar-refractivity contribution < 1.29 is 26.7 Å². The number of hydrogen-bond donors (Lipinski definition) is 0. The Morgan fingerprint density at radius 1 is 1.43 bits per heavy atom. The molecule has 1 atom stereocenters. The van der Waals surface area contributed by atoms with Crippen molar-refractivity contribution >= 4 is 15.7 Å². The molecule has 1 aromatic heterocycles. The van der Waals surface area contributed by atoms with Crippen LogP contribution in [0, 0.1) is 0 Å². The second-order valence-corrected chi connectivity index (χ2v) is 7.65. The molecule has 0 spiro atoms. The third-order valence-electron chi connectivity index (χ3n) is 3.58. The quantitative estimate of drug-likeness (QED) is 0.821. The molecule has 2 rings (SSSR count). The highest BCUT2D eigenvalue weighted by Crippen LogP contribution is 2.17. The van der Waals surface area contributed by atoms with Gasteiger partial charge in [-0.05, 0) is 19.4 Å². The molecule has 1 unspecified atom stereocenters. The van der Waals surface area contributed by atoms with Crippen LogP contribution in [0.3, 0.4) is 0 Å². The molecule has 9 heteroatoms. The Bertz CT molecular complexity index is 666. The summed E-state index contributed by atoms with van der Waals surface area (Å²) in [6, 6.07) is 4.08. The zero-order valence-electron chi connectivity index (χ0n) is 12.6. The number of alkyl halides is 2. The fourth-order valence-electron chi connectivity index (χ4n) is 2.28. The molecule has 128 valence electrons. The van der Waals surface area contributed by atoms with Crippen molar-refractivity contribution in [3.05, 3.63) is 23.9 Å². The van der Waals surface area contributed by atoms with Gasteiger partial charge in [-0.25, -0.2) is 22.2 Å². The van der Waals surface area contributed by atoms with E-state index in [4.69, 9.17) is 4.74 Å². The summed E-state index contributed by atoms with van der Waals surface area (Å²) in [6.45, 7) is 1.06. The summed E-state index contributed by atoms with van der Waals surface area (Å²) in [5.74, 6) is -0.545. The number of pyridine rings is 1. The molecule has 1 aromatic rings. The second kappa shape index (κ2) is 7.20. The third-order valence-corrected chi connectivity index (χ3v) is 5.24. The van der Waals surface area contributed by atoms with Gasteiger partial charge in [0.2, 0.25) is 5.88 Å². The average Bonchev–Trinajstić information content (AvgIpc) is 2.64. The molecule has 1 aliphatic rings. The summed E-state index contributed by atoms with van der Waals surface area (Å²) < 4.78 is 52.5. The van der Waals surface area contributed by atoms with Gasteiger partial charge in [0.05, 0.1) is 11.5 Å². The monoisotopic (exact) mass is 348 g/mol. The zero-order chi connectivity index (χ0) is 17.0. The number of halogens is 2. The fraction of sp³-hybridized carbons (Fsp3) is 0.571. The van der Waals surface area contributed by atoms with Gasteiger partial charge < -0.3 is 9.64 Å². The number of ether oxygens (including phenoxy) is 1. The summed E-state index contributed by atoms with van der Waals surface area (Å²) >= 11 is 0. The number of carbonyl (C=O) groups excluding carboxylic acids is 1. The van der Waals surface area contributed by atoms with Crippen LogP contribution in [0.4, 0.5) is 8.78 Å². The normalized spacial score (nSPS) is 21.0. The molecular weight excluding hydrogens is 330 g/mol. The second-order valence-electron chi connectivity index (χ2n) is 5.35. The fourth-order valence-corrected chi connectivity index (χ4v) is 3.66. The van der Waals surface area contributed by atoms with Crippen molar-refractivity contribution in [2.75, 3.05) is 24.7 Å². The van der Waals surface area contributed by atoms with E-state index in [1.807, 2.05) is 0 Å². The highest BCUT2D eigenvalue weighted by Gasteiger charge is 2.29. The maximum atomic E-state index is 12.5. The van der Waals surface area contributed by atoms with Gasteiger partial charge >= 0.3 is 0 Å². The molecule has 0 aliphatic carbocycles. The van der Waals surface area contributed by atoms with Crippen LogP contribution in [0.2, 0.25) is 0 Å². The highest BCUT2D eigenvalue weighted by molar-refractivity contribution is 7.91. The molecule has 1 amide bonds. The first-order valence-electron chi connectivity index (χ1n) is 7.18. The lowest BCUT2D eigenvalue weighted by molar-refractivity contribution is 0.0693. The molecule has 0 saturated carbocycles. The van der Waals surface area contributed by atoms with Gasteiger partial charge in [0.15, 0.2) is 16.4 Å². The Morgan fingerprint density at radius 2 is 2.17 bits per heavy atom. The predicted octanol–water partition coefficient (Wildman–Crippen LogP) is 1.37. The minimum absolute atomic E-state index is 0.0444. The molecule has 0 aromatic carbocycles. The molecule has 23 heavy (non-hydrogen) atoms. The number of hydrogen-bond acceptors (Lipinski definition) is 5. The molecule has 2 heterocycles. The predicted molar refractivity (Wildman–Crippen MR) is 79.5 cm³/mol. The highest BCUT2D eigenvalue weighted by atomic mass is 32.2. The lowest BCUT2D eigenvalue weighted by atomic mass is 10.2. The van der Waals surface area contributed by atoms with Crippen molar-refractivity contribution in [1.82, 2.24) is 9.88 Å². The van der Waals surface area contributed by atoms with Crippen LogP contribution in [0.15, 0.2) is 18.2 Å². The molecule has 0 bridgehead atoms. The number of aromatic nitrogens is 1. The van der Waals surface area contributed by atoms with Gasteiger partial charge in [-0.15, -0.1) is 0 Å². The van der Waals surface area contributed by atoms with Crippen molar-refractivity contribution in [2.24, 2.45) is 0 Å². The van der Waals surface area contributed by atoms with Gasteiger partial charge in [-0.3, -0.25) is 4.79 Å². The standard InChI is InChI=1S/C14H18F2N2O4S/c1-10-5-7-23(20,21)8-6-18(10)14(19)11-3-2-4-13(17-11)22-9-12(15)16/h2-4,10,12H,5-9H2,1H3. The number of amides is 1. The van der Waals surface area contributed by atoms with E-state index in [9.17, 15) is 22.0 Å². The molecule has 0 N–H and O–H groups in total. The summed E-state index contributed by atoms with van der Waals surface area (Å²) in [5.41, 5.74) is 0.0444. The van der Waals surface area contributed by atoms with Crippen LogP contribution < -0.4 is 4.74 Å². The lowest BCUT2D eigenvalue weighted by Gasteiger charge is -2.26. The molecular formula is C14H18F2N2O4S. The van der Waals surface area contributed by atoms with Crippen LogP contribution in [0.5, 0.6) is 5.88 Å². The van der Waals surface area contributed by atoms with Crippen LogP contribution in [-0.4, -0.2) is 61.3 Å². The summed E-state index contributed by atoms with van der Waals surface area (Å²) in [5, 5.41) is 0. The maximum absolute atomic E-state index is 12.5. The molecule has 1 saturated heterocycles. The molecule has 1 aliphatic heterocycles. The SMILES string of the molecule is CC1CCS(=O)(=O)CCN1C(=O)c1cccc(OCC(F)F)n1. The van der Waals surface area contributed by atoms with Gasteiger partial charge in [-0.2, -0.15) is 0 Å². The van der Waals surface area contributed by atoms with Crippen molar-refractivity contribution in [3.63, 3.8) is 0 Å². The molecule has 0 radical (unpaired) electrons. The summed E-state index contributed by atoms with van der Waals surface area (Å²) in [4.78, 5) is 17.9. The summed E-state index contributed by atoms with van der Waals surface area (Å²) in [6.07, 6.45) is -2.28. The van der Waals surface area contributed by atoms with E-state index in [0.717, 1.165) is 0 Å². The van der Waals surface area contributed by atoms with Crippen LogP contribution in [0.1, 0.15) is 23.8 Å². The first-order chi connectivity index (χ1) is 10.8.